The maximum Gasteiger partial charge on any atom is 0.408 e. The van der Waals surface area contributed by atoms with E-state index in [4.69, 9.17) is 4.74 Å². The van der Waals surface area contributed by atoms with Crippen LogP contribution in [0.3, 0.4) is 0 Å². The second kappa shape index (κ2) is 8.57. The molecule has 0 bridgehead atoms. The van der Waals surface area contributed by atoms with Crippen LogP contribution in [0.1, 0.15) is 47.3 Å². The van der Waals surface area contributed by atoms with Gasteiger partial charge in [-0.3, -0.25) is 9.48 Å². The normalized spacial score (nSPS) is 16.1. The molecule has 2 aromatic carbocycles. The summed E-state index contributed by atoms with van der Waals surface area (Å²) in [5, 5.41) is 18.7. The van der Waals surface area contributed by atoms with Crippen molar-refractivity contribution in [1.82, 2.24) is 15.1 Å². The molecular formula is C26H26N4O5. The Morgan fingerprint density at radius 3 is 2.26 bits per heavy atom. The van der Waals surface area contributed by atoms with E-state index in [1.807, 2.05) is 36.4 Å². The number of aromatic carboxylic acids is 1. The lowest BCUT2D eigenvalue weighted by Crippen LogP contribution is -2.56. The van der Waals surface area contributed by atoms with Crippen molar-refractivity contribution in [2.45, 2.75) is 31.2 Å². The van der Waals surface area contributed by atoms with Gasteiger partial charge in [-0.05, 0) is 47.9 Å². The Hall–Kier alpha value is -4.14. The van der Waals surface area contributed by atoms with Crippen LogP contribution in [0.15, 0.2) is 54.7 Å². The standard InChI is InChI=1S/C26H26N4O5/c1-26(15-11-12-15,24(33)28-21-13-27-30(2)22(21)23(31)32)29-25(34)35-14-20-18-9-5-3-7-16(18)17-8-4-6-10-19(17)20/h3-10,13,15,20H,11-12,14H2,1-2H3,(H,28,33)(H,29,34)(H,31,32). The highest BCUT2D eigenvalue weighted by atomic mass is 16.5. The number of carbonyl (C=O) groups is 3. The lowest BCUT2D eigenvalue weighted by molar-refractivity contribution is -0.122. The number of nitrogens with one attached hydrogen (secondary N) is 2. The second-order valence-corrected chi connectivity index (χ2v) is 9.22. The van der Waals surface area contributed by atoms with E-state index in [1.54, 1.807) is 6.92 Å². The van der Waals surface area contributed by atoms with Gasteiger partial charge in [-0.2, -0.15) is 5.10 Å². The molecule has 0 aliphatic heterocycles. The van der Waals surface area contributed by atoms with Gasteiger partial charge in [0.05, 0.1) is 11.9 Å². The highest BCUT2D eigenvalue weighted by Crippen LogP contribution is 2.45. The van der Waals surface area contributed by atoms with Gasteiger partial charge in [0.25, 0.3) is 0 Å². The summed E-state index contributed by atoms with van der Waals surface area (Å²) in [5.74, 6) is -1.89. The molecule has 3 aromatic rings. The van der Waals surface area contributed by atoms with Gasteiger partial charge in [-0.15, -0.1) is 0 Å². The number of hydrogen-bond acceptors (Lipinski definition) is 5. The zero-order valence-electron chi connectivity index (χ0n) is 19.4. The zero-order valence-corrected chi connectivity index (χ0v) is 19.4. The van der Waals surface area contributed by atoms with Crippen LogP contribution in [0, 0.1) is 5.92 Å². The topological polar surface area (TPSA) is 123 Å². The van der Waals surface area contributed by atoms with Crippen LogP contribution >= 0.6 is 0 Å². The van der Waals surface area contributed by atoms with Crippen molar-refractivity contribution in [2.75, 3.05) is 11.9 Å². The summed E-state index contributed by atoms with van der Waals surface area (Å²) in [6.45, 7) is 1.77. The van der Waals surface area contributed by atoms with Crippen molar-refractivity contribution in [3.63, 3.8) is 0 Å². The van der Waals surface area contributed by atoms with Crippen LogP contribution in [0.2, 0.25) is 0 Å². The lowest BCUT2D eigenvalue weighted by Gasteiger charge is -2.29. The minimum Gasteiger partial charge on any atom is -0.476 e. The van der Waals surface area contributed by atoms with Gasteiger partial charge in [0.15, 0.2) is 5.69 Å². The molecule has 1 atom stereocenters. The number of aromatic nitrogens is 2. The fraction of sp³-hybridized carbons (Fsp3) is 0.308. The van der Waals surface area contributed by atoms with Crippen molar-refractivity contribution in [1.29, 1.82) is 0 Å². The third kappa shape index (κ3) is 4.03. The number of carboxylic acids is 1. The summed E-state index contributed by atoms with van der Waals surface area (Å²) in [4.78, 5) is 37.6. The molecule has 0 spiro atoms. The summed E-state index contributed by atoms with van der Waals surface area (Å²) >= 11 is 0. The van der Waals surface area contributed by atoms with E-state index >= 15 is 0 Å². The van der Waals surface area contributed by atoms with E-state index < -0.39 is 23.5 Å². The Morgan fingerprint density at radius 2 is 1.69 bits per heavy atom. The predicted octanol–water partition coefficient (Wildman–Crippen LogP) is 3.76. The van der Waals surface area contributed by atoms with E-state index in [2.05, 4.69) is 27.9 Å². The summed E-state index contributed by atoms with van der Waals surface area (Å²) in [6, 6.07) is 16.1. The van der Waals surface area contributed by atoms with Gasteiger partial charge in [0.2, 0.25) is 5.91 Å². The van der Waals surface area contributed by atoms with Crippen LogP contribution in [0.4, 0.5) is 10.5 Å². The number of carboxylic acid groups (broad SMARTS) is 1. The molecule has 0 radical (unpaired) electrons. The molecular weight excluding hydrogens is 448 g/mol. The van der Waals surface area contributed by atoms with Crippen LogP contribution in [0.25, 0.3) is 11.1 Å². The van der Waals surface area contributed by atoms with Crippen LogP contribution in [0.5, 0.6) is 0 Å². The van der Waals surface area contributed by atoms with E-state index in [0.29, 0.717) is 0 Å². The van der Waals surface area contributed by atoms with Crippen molar-refractivity contribution >= 4 is 23.7 Å². The summed E-state index contributed by atoms with van der Waals surface area (Å²) < 4.78 is 6.81. The number of amides is 2. The van der Waals surface area contributed by atoms with Crippen molar-refractivity contribution in [2.24, 2.45) is 13.0 Å². The minimum absolute atomic E-state index is 0.0752. The summed E-state index contributed by atoms with van der Waals surface area (Å²) in [5.41, 5.74) is 3.14. The first-order valence-electron chi connectivity index (χ1n) is 11.5. The molecule has 2 aliphatic carbocycles. The maximum atomic E-state index is 13.2. The van der Waals surface area contributed by atoms with E-state index in [-0.39, 0.29) is 29.8 Å². The lowest BCUT2D eigenvalue weighted by atomic mass is 9.94. The van der Waals surface area contributed by atoms with Crippen LogP contribution in [-0.2, 0) is 16.6 Å². The van der Waals surface area contributed by atoms with Gasteiger partial charge < -0.3 is 20.5 Å². The fourth-order valence-electron chi connectivity index (χ4n) is 4.89. The number of nitrogens with zero attached hydrogens (tertiary/aromatic N) is 2. The zero-order chi connectivity index (χ0) is 24.7. The van der Waals surface area contributed by atoms with Gasteiger partial charge in [0, 0.05) is 13.0 Å². The second-order valence-electron chi connectivity index (χ2n) is 9.22. The Kier molecular flexibility index (Phi) is 5.55. The highest BCUT2D eigenvalue weighted by molar-refractivity contribution is 6.04. The number of anilines is 1. The Morgan fingerprint density at radius 1 is 1.09 bits per heavy atom. The van der Waals surface area contributed by atoms with Crippen molar-refractivity contribution < 1.29 is 24.2 Å². The van der Waals surface area contributed by atoms with E-state index in [9.17, 15) is 19.5 Å². The number of alkyl carbamates (subject to hydrolysis) is 1. The molecule has 1 aromatic heterocycles. The van der Waals surface area contributed by atoms with Crippen LogP contribution in [-0.4, -0.2) is 45.0 Å². The fourth-order valence-corrected chi connectivity index (χ4v) is 4.89. The molecule has 35 heavy (non-hydrogen) atoms. The number of hydrogen-bond donors (Lipinski definition) is 3. The number of benzene rings is 2. The number of ether oxygens (including phenoxy) is 1. The molecule has 2 amide bonds. The Bertz CT molecular complexity index is 1280. The molecule has 1 heterocycles. The van der Waals surface area contributed by atoms with Crippen LogP contribution < -0.4 is 10.6 Å². The number of rotatable bonds is 7. The van der Waals surface area contributed by atoms with Gasteiger partial charge in [0.1, 0.15) is 12.1 Å². The molecule has 9 heteroatoms. The Balaban J connectivity index is 1.30. The molecule has 180 valence electrons. The molecule has 1 saturated carbocycles. The van der Waals surface area contributed by atoms with E-state index in [0.717, 1.165) is 35.1 Å². The van der Waals surface area contributed by atoms with Crippen molar-refractivity contribution in [3.05, 3.63) is 71.5 Å². The van der Waals surface area contributed by atoms with Gasteiger partial charge in [-0.25, -0.2) is 9.59 Å². The third-order valence-corrected chi connectivity index (χ3v) is 6.96. The Labute approximate surface area is 202 Å². The molecule has 1 unspecified atom stereocenters. The van der Waals surface area contributed by atoms with E-state index in [1.165, 1.54) is 17.9 Å². The number of carbonyl (C=O) groups excluding carboxylic acids is 2. The number of aryl methyl sites for hydroxylation is 1. The quantitative estimate of drug-likeness (QED) is 0.479. The minimum atomic E-state index is -1.26. The molecule has 3 N–H and O–H groups in total. The monoisotopic (exact) mass is 474 g/mol. The largest absolute Gasteiger partial charge is 0.476 e. The first-order chi connectivity index (χ1) is 16.8. The number of fused-ring (bicyclic) bond motifs is 3. The SMILES string of the molecule is Cn1ncc(NC(=O)C(C)(NC(=O)OCC2c3ccccc3-c3ccccc32)C2CC2)c1C(=O)O. The van der Waals surface area contributed by atoms with Crippen molar-refractivity contribution in [3.8, 4) is 11.1 Å². The predicted molar refractivity (Wildman–Crippen MR) is 128 cm³/mol. The smallest absolute Gasteiger partial charge is 0.408 e. The third-order valence-electron chi connectivity index (χ3n) is 6.96. The molecule has 0 saturated heterocycles. The highest BCUT2D eigenvalue weighted by Gasteiger charge is 2.49. The molecule has 1 fully saturated rings. The average Bonchev–Trinajstić information content (AvgIpc) is 3.57. The van der Waals surface area contributed by atoms with Gasteiger partial charge in [-0.1, -0.05) is 48.5 Å². The first-order valence-corrected chi connectivity index (χ1v) is 11.5. The molecule has 5 rings (SSSR count). The molecule has 2 aliphatic rings. The first kappa shape index (κ1) is 22.6. The molecule has 9 nitrogen and oxygen atoms in total. The average molecular weight is 475 g/mol. The van der Waals surface area contributed by atoms with Gasteiger partial charge >= 0.3 is 12.1 Å². The maximum absolute atomic E-state index is 13.2. The summed E-state index contributed by atoms with van der Waals surface area (Å²) in [6.07, 6.45) is 2.13. The summed E-state index contributed by atoms with van der Waals surface area (Å²) in [7, 11) is 1.48.